The van der Waals surface area contributed by atoms with Crippen LogP contribution in [0, 0.1) is 5.92 Å². The van der Waals surface area contributed by atoms with E-state index in [9.17, 15) is 14.4 Å². The van der Waals surface area contributed by atoms with Crippen LogP contribution in [-0.2, 0) is 19.0 Å². The summed E-state index contributed by atoms with van der Waals surface area (Å²) < 4.78 is 16.6. The number of carbonyl (C=O) groups excluding carboxylic acids is 3. The predicted octanol–water partition coefficient (Wildman–Crippen LogP) is 6.52. The van der Waals surface area contributed by atoms with Crippen molar-refractivity contribution in [3.63, 3.8) is 0 Å². The summed E-state index contributed by atoms with van der Waals surface area (Å²) in [7, 11) is 0. The molecule has 0 N–H and O–H groups in total. The topological polar surface area (TPSA) is 78.9 Å². The van der Waals surface area contributed by atoms with Crippen molar-refractivity contribution >= 4 is 18.4 Å². The molecule has 1 saturated carbocycles. The van der Waals surface area contributed by atoms with Gasteiger partial charge in [0, 0.05) is 6.42 Å². The van der Waals surface area contributed by atoms with Crippen LogP contribution in [0.3, 0.4) is 0 Å². The molecule has 0 amide bonds. The van der Waals surface area contributed by atoms with Crippen LogP contribution in [0.2, 0.25) is 0 Å². The maximum Gasteiger partial charge on any atom is 0.338 e. The van der Waals surface area contributed by atoms with Gasteiger partial charge in [-0.1, -0.05) is 91.5 Å². The van der Waals surface area contributed by atoms with Crippen LogP contribution in [0.5, 0.6) is 0 Å². The molecule has 5 rings (SSSR count). The predicted molar refractivity (Wildman–Crippen MR) is 151 cm³/mol. The summed E-state index contributed by atoms with van der Waals surface area (Å²) in [6.07, 6.45) is -1.07. The molecule has 0 bridgehead atoms. The van der Waals surface area contributed by atoms with E-state index >= 15 is 0 Å². The molecule has 1 aliphatic rings. The van der Waals surface area contributed by atoms with Gasteiger partial charge in [0.25, 0.3) is 6.47 Å². The summed E-state index contributed by atoms with van der Waals surface area (Å²) >= 11 is 0. The number of rotatable bonds is 9. The van der Waals surface area contributed by atoms with Gasteiger partial charge in [0.2, 0.25) is 0 Å². The molecule has 1 aliphatic carbocycles. The van der Waals surface area contributed by atoms with Gasteiger partial charge in [0.05, 0.1) is 17.0 Å². The third-order valence-electron chi connectivity index (χ3n) is 7.11. The van der Waals surface area contributed by atoms with Gasteiger partial charge >= 0.3 is 11.9 Å². The van der Waals surface area contributed by atoms with E-state index in [2.05, 4.69) is 6.58 Å². The maximum atomic E-state index is 13.0. The Balaban J connectivity index is 1.24. The van der Waals surface area contributed by atoms with Gasteiger partial charge in [-0.25, -0.2) is 9.59 Å². The minimum atomic E-state index is -0.674. The largest absolute Gasteiger partial charge is 0.461 e. The highest BCUT2D eigenvalue weighted by Crippen LogP contribution is 2.36. The number of ether oxygens (including phenoxy) is 3. The highest BCUT2D eigenvalue weighted by Gasteiger charge is 2.42. The van der Waals surface area contributed by atoms with Crippen LogP contribution in [0.25, 0.3) is 22.3 Å². The van der Waals surface area contributed by atoms with Crippen molar-refractivity contribution < 1.29 is 28.6 Å². The van der Waals surface area contributed by atoms with Crippen molar-refractivity contribution in [1.29, 1.82) is 0 Å². The maximum absolute atomic E-state index is 13.0. The fourth-order valence-electron chi connectivity index (χ4n) is 4.87. The number of hydrogen-bond acceptors (Lipinski definition) is 6. The van der Waals surface area contributed by atoms with E-state index < -0.39 is 30.1 Å². The van der Waals surface area contributed by atoms with Crippen molar-refractivity contribution in [2.45, 2.75) is 18.6 Å². The van der Waals surface area contributed by atoms with Crippen LogP contribution in [0.15, 0.2) is 121 Å². The fraction of sp³-hybridized carbons (Fsp3) is 0.147. The highest BCUT2D eigenvalue weighted by atomic mass is 16.6. The number of benzene rings is 4. The molecule has 200 valence electrons. The Hall–Kier alpha value is -4.97. The third kappa shape index (κ3) is 6.02. The van der Waals surface area contributed by atoms with Gasteiger partial charge in [-0.2, -0.15) is 0 Å². The van der Waals surface area contributed by atoms with Crippen LogP contribution in [0.4, 0.5) is 0 Å². The van der Waals surface area contributed by atoms with E-state index in [1.165, 1.54) is 0 Å². The molecule has 0 unspecified atom stereocenters. The minimum absolute atomic E-state index is 0.0677. The first-order valence-corrected chi connectivity index (χ1v) is 13.0. The summed E-state index contributed by atoms with van der Waals surface area (Å²) in [6, 6.07) is 34.0. The molecule has 4 aromatic rings. The molecule has 6 heteroatoms. The molecule has 6 nitrogen and oxygen atoms in total. The van der Waals surface area contributed by atoms with Crippen molar-refractivity contribution in [2.24, 2.45) is 5.92 Å². The molecular formula is C34H28O6. The number of carbonyl (C=O) groups is 3. The lowest BCUT2D eigenvalue weighted by molar-refractivity contribution is -0.132. The van der Waals surface area contributed by atoms with Crippen LogP contribution >= 0.6 is 0 Å². The van der Waals surface area contributed by atoms with Gasteiger partial charge in [-0.3, -0.25) is 4.79 Å². The third-order valence-corrected chi connectivity index (χ3v) is 7.11. The lowest BCUT2D eigenvalue weighted by atomic mass is 10.0. The molecule has 4 aromatic carbocycles. The first-order valence-electron chi connectivity index (χ1n) is 13.0. The van der Waals surface area contributed by atoms with E-state index in [0.29, 0.717) is 23.2 Å². The van der Waals surface area contributed by atoms with Crippen LogP contribution in [0.1, 0.15) is 27.1 Å². The second-order valence-electron chi connectivity index (χ2n) is 9.57. The molecular weight excluding hydrogens is 504 g/mol. The Morgan fingerprint density at radius 1 is 0.700 bits per heavy atom. The first-order chi connectivity index (χ1) is 19.5. The molecule has 0 heterocycles. The lowest BCUT2D eigenvalue weighted by Crippen LogP contribution is -2.27. The average molecular weight is 533 g/mol. The quantitative estimate of drug-likeness (QED) is 0.106. The smallest absolute Gasteiger partial charge is 0.338 e. The fourth-order valence-corrected chi connectivity index (χ4v) is 4.87. The van der Waals surface area contributed by atoms with E-state index in [1.807, 2.05) is 84.9 Å². The normalized spacial score (nSPS) is 18.1. The van der Waals surface area contributed by atoms with E-state index in [1.54, 1.807) is 24.3 Å². The zero-order valence-electron chi connectivity index (χ0n) is 21.8. The molecule has 3 atom stereocenters. The minimum Gasteiger partial charge on any atom is -0.461 e. The molecule has 0 radical (unpaired) electrons. The van der Waals surface area contributed by atoms with Crippen molar-refractivity contribution in [3.05, 3.63) is 132 Å². The standard InChI is InChI=1S/C34H28O6/c1-23-30(21-38-33(36)28-16-12-26(13-17-28)24-8-4-2-5-9-24)32(20-31(23)39-22-35)40-34(37)29-18-14-27(15-19-29)25-10-6-3-7-11-25/h2-19,22,30-32H,1,20-21H2/t30-,31+,32-/m0/s1. The van der Waals surface area contributed by atoms with Crippen molar-refractivity contribution in [1.82, 2.24) is 0 Å². The average Bonchev–Trinajstić information content (AvgIpc) is 3.30. The lowest BCUT2D eigenvalue weighted by Gasteiger charge is -2.20. The van der Waals surface area contributed by atoms with Gasteiger partial charge in [0.1, 0.15) is 18.8 Å². The molecule has 1 fully saturated rings. The Labute approximate surface area is 232 Å². The monoisotopic (exact) mass is 532 g/mol. The molecule has 40 heavy (non-hydrogen) atoms. The van der Waals surface area contributed by atoms with Gasteiger partial charge in [0.15, 0.2) is 0 Å². The van der Waals surface area contributed by atoms with Crippen molar-refractivity contribution in [3.8, 4) is 22.3 Å². The zero-order chi connectivity index (χ0) is 27.9. The highest BCUT2D eigenvalue weighted by molar-refractivity contribution is 5.91. The van der Waals surface area contributed by atoms with Gasteiger partial charge in [-0.05, 0) is 52.1 Å². The van der Waals surface area contributed by atoms with Crippen LogP contribution in [-0.4, -0.2) is 37.2 Å². The number of hydrogen-bond donors (Lipinski definition) is 0. The molecule has 0 aliphatic heterocycles. The first kappa shape index (κ1) is 26.6. The van der Waals surface area contributed by atoms with E-state index in [4.69, 9.17) is 14.2 Å². The summed E-state index contributed by atoms with van der Waals surface area (Å²) in [5.41, 5.74) is 5.38. The molecule has 0 aromatic heterocycles. The van der Waals surface area contributed by atoms with Gasteiger partial charge < -0.3 is 14.2 Å². The Morgan fingerprint density at radius 3 is 1.68 bits per heavy atom. The summed E-state index contributed by atoms with van der Waals surface area (Å²) in [5, 5.41) is 0. The second kappa shape index (κ2) is 12.3. The zero-order valence-corrected chi connectivity index (χ0v) is 21.8. The summed E-state index contributed by atoms with van der Waals surface area (Å²) in [4.78, 5) is 36.9. The second-order valence-corrected chi connectivity index (χ2v) is 9.57. The van der Waals surface area contributed by atoms with Gasteiger partial charge in [-0.15, -0.1) is 0 Å². The van der Waals surface area contributed by atoms with Crippen molar-refractivity contribution in [2.75, 3.05) is 6.61 Å². The number of esters is 2. The Bertz CT molecular complexity index is 1480. The SMILES string of the molecule is C=C1[C@H](OC=O)C[C@H](OC(=O)c2ccc(-c3ccccc3)cc2)[C@H]1COC(=O)c1ccc(-c2ccccc2)cc1. The molecule has 0 spiro atoms. The summed E-state index contributed by atoms with van der Waals surface area (Å²) in [5.74, 6) is -1.55. The van der Waals surface area contributed by atoms with Crippen LogP contribution < -0.4 is 0 Å². The van der Waals surface area contributed by atoms with E-state index in [-0.39, 0.29) is 13.0 Å². The molecule has 0 saturated heterocycles. The summed E-state index contributed by atoms with van der Waals surface area (Å²) in [6.45, 7) is 4.32. The Morgan fingerprint density at radius 2 is 1.18 bits per heavy atom. The van der Waals surface area contributed by atoms with E-state index in [0.717, 1.165) is 22.3 Å². The Kier molecular flexibility index (Phi) is 8.16.